The molecule has 1 saturated carbocycles. The van der Waals surface area contributed by atoms with Crippen LogP contribution in [0.4, 0.5) is 24.7 Å². The summed E-state index contributed by atoms with van der Waals surface area (Å²) < 4.78 is 51.7. The van der Waals surface area contributed by atoms with E-state index in [1.165, 1.54) is 37.6 Å². The summed E-state index contributed by atoms with van der Waals surface area (Å²) in [6.45, 7) is 3.07. The zero-order valence-electron chi connectivity index (χ0n) is 21.5. The van der Waals surface area contributed by atoms with Crippen LogP contribution in [0.25, 0.3) is 22.2 Å². The second-order valence-electron chi connectivity index (χ2n) is 11.7. The molecule has 4 fully saturated rings. The van der Waals surface area contributed by atoms with Gasteiger partial charge in [-0.1, -0.05) is 11.6 Å². The Morgan fingerprint density at radius 1 is 1.10 bits per heavy atom. The van der Waals surface area contributed by atoms with Crippen molar-refractivity contribution >= 4 is 34.0 Å². The maximum atomic E-state index is 16.2. The molecule has 1 aliphatic carbocycles. The zero-order chi connectivity index (χ0) is 26.9. The minimum absolute atomic E-state index is 0.0171. The predicted molar refractivity (Wildman–Crippen MR) is 144 cm³/mol. The van der Waals surface area contributed by atoms with Gasteiger partial charge in [-0.05, 0) is 62.6 Å². The Hall–Kier alpha value is -2.85. The molecule has 0 radical (unpaired) electrons. The first-order chi connectivity index (χ1) is 18.8. The Labute approximate surface area is 229 Å². The van der Waals surface area contributed by atoms with Gasteiger partial charge in [0.1, 0.15) is 29.8 Å². The average Bonchev–Trinajstić information content (AvgIpc) is 3.56. The molecular formula is C28H30ClF3N6O. The van der Waals surface area contributed by atoms with Gasteiger partial charge in [0, 0.05) is 37.9 Å². The highest BCUT2D eigenvalue weighted by Gasteiger charge is 2.49. The number of anilines is 2. The first-order valence-corrected chi connectivity index (χ1v) is 14.1. The Kier molecular flexibility index (Phi) is 6.04. The number of pyridine rings is 1. The van der Waals surface area contributed by atoms with Crippen LogP contribution in [0, 0.1) is 23.5 Å². The molecule has 11 heteroatoms. The van der Waals surface area contributed by atoms with Crippen LogP contribution < -0.4 is 15.4 Å². The fourth-order valence-electron chi connectivity index (χ4n) is 7.34. The largest absolute Gasteiger partial charge is 0.461 e. The van der Waals surface area contributed by atoms with Crippen LogP contribution in [0.15, 0.2) is 18.3 Å². The van der Waals surface area contributed by atoms with Gasteiger partial charge in [0.2, 0.25) is 0 Å². The monoisotopic (exact) mass is 558 g/mol. The lowest BCUT2D eigenvalue weighted by atomic mass is 9.95. The van der Waals surface area contributed by atoms with E-state index in [-0.39, 0.29) is 40.1 Å². The Morgan fingerprint density at radius 2 is 1.90 bits per heavy atom. The van der Waals surface area contributed by atoms with E-state index in [0.717, 1.165) is 32.5 Å². The minimum Gasteiger partial charge on any atom is -0.461 e. The maximum Gasteiger partial charge on any atom is 0.319 e. The molecule has 2 bridgehead atoms. The summed E-state index contributed by atoms with van der Waals surface area (Å²) in [5.41, 5.74) is 5.14. The Balaban J connectivity index is 1.33. The number of hydrogen-bond donors (Lipinski definition) is 1. The first kappa shape index (κ1) is 25.1. The van der Waals surface area contributed by atoms with Crippen molar-refractivity contribution in [1.29, 1.82) is 0 Å². The maximum absolute atomic E-state index is 16.2. The van der Waals surface area contributed by atoms with Crippen molar-refractivity contribution in [1.82, 2.24) is 19.9 Å². The number of nitrogens with two attached hydrogens (primary N) is 1. The fraction of sp³-hybridized carbons (Fsp3) is 0.536. The zero-order valence-corrected chi connectivity index (χ0v) is 22.2. The molecule has 3 saturated heterocycles. The quantitative estimate of drug-likeness (QED) is 0.420. The van der Waals surface area contributed by atoms with Gasteiger partial charge in [-0.25, -0.2) is 13.2 Å². The Bertz CT molecular complexity index is 1450. The molecule has 2 unspecified atom stereocenters. The predicted octanol–water partition coefficient (Wildman–Crippen LogP) is 5.40. The van der Waals surface area contributed by atoms with Gasteiger partial charge in [0.05, 0.1) is 21.5 Å². The van der Waals surface area contributed by atoms with E-state index in [4.69, 9.17) is 27.1 Å². The summed E-state index contributed by atoms with van der Waals surface area (Å²) in [5.74, 6) is 0.00465. The topological polar surface area (TPSA) is 80.4 Å². The summed E-state index contributed by atoms with van der Waals surface area (Å²) in [6.07, 6.45) is 6.32. The van der Waals surface area contributed by atoms with E-state index in [9.17, 15) is 4.39 Å². The van der Waals surface area contributed by atoms with E-state index in [0.29, 0.717) is 36.0 Å². The third-order valence-corrected chi connectivity index (χ3v) is 9.44. The SMILES string of the molecule is Nc1ccc(Cl)c(F)c1-c1ncc2c(N3CC4CCC(C4)C3)nc(OC[C@@]34CCCN3C[C@H](F)C4)nc2c1F. The van der Waals surface area contributed by atoms with Crippen LogP contribution in [0.3, 0.4) is 0 Å². The number of piperidine rings is 1. The minimum atomic E-state index is -0.894. The molecule has 4 atom stereocenters. The van der Waals surface area contributed by atoms with E-state index in [1.54, 1.807) is 0 Å². The lowest BCUT2D eigenvalue weighted by Gasteiger charge is -2.34. The molecule has 5 heterocycles. The molecule has 2 N–H and O–H groups in total. The number of aromatic nitrogens is 3. The molecule has 7 nitrogen and oxygen atoms in total. The molecular weight excluding hydrogens is 529 g/mol. The van der Waals surface area contributed by atoms with Gasteiger partial charge in [-0.15, -0.1) is 0 Å². The van der Waals surface area contributed by atoms with Gasteiger partial charge in [-0.3, -0.25) is 9.88 Å². The highest BCUT2D eigenvalue weighted by Crippen LogP contribution is 2.43. The lowest BCUT2D eigenvalue weighted by Crippen LogP contribution is -2.43. The summed E-state index contributed by atoms with van der Waals surface area (Å²) in [6, 6.07) is 2.76. The van der Waals surface area contributed by atoms with Crippen LogP contribution in [-0.2, 0) is 0 Å². The third-order valence-electron chi connectivity index (χ3n) is 9.14. The molecule has 3 aliphatic heterocycles. The molecule has 2 aromatic heterocycles. The number of hydrogen-bond acceptors (Lipinski definition) is 7. The molecule has 0 amide bonds. The van der Waals surface area contributed by atoms with Crippen molar-refractivity contribution in [2.75, 3.05) is 43.4 Å². The average molecular weight is 559 g/mol. The summed E-state index contributed by atoms with van der Waals surface area (Å²) in [7, 11) is 0. The van der Waals surface area contributed by atoms with E-state index < -0.39 is 23.3 Å². The molecule has 39 heavy (non-hydrogen) atoms. The van der Waals surface area contributed by atoms with Gasteiger partial charge < -0.3 is 15.4 Å². The second kappa shape index (κ2) is 9.37. The number of ether oxygens (including phenoxy) is 1. The van der Waals surface area contributed by atoms with Crippen molar-refractivity contribution < 1.29 is 17.9 Å². The van der Waals surface area contributed by atoms with Crippen LogP contribution >= 0.6 is 11.6 Å². The molecule has 1 aromatic carbocycles. The van der Waals surface area contributed by atoms with Crippen LogP contribution in [0.5, 0.6) is 6.01 Å². The highest BCUT2D eigenvalue weighted by molar-refractivity contribution is 6.31. The summed E-state index contributed by atoms with van der Waals surface area (Å²) in [4.78, 5) is 17.8. The normalized spacial score (nSPS) is 28.4. The van der Waals surface area contributed by atoms with E-state index in [2.05, 4.69) is 19.8 Å². The molecule has 4 aliphatic rings. The van der Waals surface area contributed by atoms with Crippen LogP contribution in [-0.4, -0.2) is 64.3 Å². The molecule has 7 rings (SSSR count). The van der Waals surface area contributed by atoms with Crippen LogP contribution in [0.2, 0.25) is 5.02 Å². The highest BCUT2D eigenvalue weighted by atomic mass is 35.5. The van der Waals surface area contributed by atoms with Crippen molar-refractivity contribution in [2.45, 2.75) is 50.2 Å². The number of fused-ring (bicyclic) bond motifs is 4. The summed E-state index contributed by atoms with van der Waals surface area (Å²) >= 11 is 5.99. The van der Waals surface area contributed by atoms with Gasteiger partial charge in [0.15, 0.2) is 11.6 Å². The van der Waals surface area contributed by atoms with Gasteiger partial charge in [0.25, 0.3) is 0 Å². The molecule has 206 valence electrons. The fourth-order valence-corrected chi connectivity index (χ4v) is 7.49. The first-order valence-electron chi connectivity index (χ1n) is 13.7. The van der Waals surface area contributed by atoms with Crippen molar-refractivity contribution in [2.24, 2.45) is 11.8 Å². The summed E-state index contributed by atoms with van der Waals surface area (Å²) in [5, 5.41) is 0.246. The van der Waals surface area contributed by atoms with Crippen molar-refractivity contribution in [3.05, 3.63) is 35.0 Å². The number of alkyl halides is 1. The van der Waals surface area contributed by atoms with E-state index in [1.807, 2.05) is 0 Å². The Morgan fingerprint density at radius 3 is 2.69 bits per heavy atom. The standard InChI is InChI=1S/C28H30ClF3N6O/c29-19-4-5-20(33)21(22(19)31)25-23(32)24-18(10-34-25)26(37-11-15-2-3-16(8-15)12-37)36-27(35-24)39-14-28-6-1-7-38(28)13-17(30)9-28/h4-5,10,15-17H,1-3,6-9,11-14,33H2/t15?,16?,17-,28+/m1/s1. The molecule has 3 aromatic rings. The number of nitrogen functional groups attached to an aromatic ring is 1. The second-order valence-corrected chi connectivity index (χ2v) is 12.1. The van der Waals surface area contributed by atoms with Gasteiger partial charge in [-0.2, -0.15) is 9.97 Å². The number of rotatable bonds is 5. The van der Waals surface area contributed by atoms with Crippen molar-refractivity contribution in [3.8, 4) is 17.3 Å². The van der Waals surface area contributed by atoms with Gasteiger partial charge >= 0.3 is 6.01 Å². The third kappa shape index (κ3) is 4.18. The number of nitrogens with zero attached hydrogens (tertiary/aromatic N) is 5. The van der Waals surface area contributed by atoms with Crippen LogP contribution in [0.1, 0.15) is 38.5 Å². The molecule has 0 spiro atoms. The smallest absolute Gasteiger partial charge is 0.319 e. The van der Waals surface area contributed by atoms with Crippen molar-refractivity contribution in [3.63, 3.8) is 0 Å². The number of benzene rings is 1. The number of halogens is 4. The van der Waals surface area contributed by atoms with E-state index >= 15 is 8.78 Å². The lowest BCUT2D eigenvalue weighted by molar-refractivity contribution is 0.107.